The van der Waals surface area contributed by atoms with E-state index in [0.29, 0.717) is 42.6 Å². The Hall–Kier alpha value is -3.12. The minimum atomic E-state index is -3.50. The molecule has 1 spiro atoms. The quantitative estimate of drug-likeness (QED) is 0.348. The van der Waals surface area contributed by atoms with Crippen LogP contribution in [0.25, 0.3) is 0 Å². The number of fused-ring (bicyclic) bond motifs is 4. The first-order valence-corrected chi connectivity index (χ1v) is 19.9. The molecule has 12 heteroatoms. The van der Waals surface area contributed by atoms with Crippen molar-refractivity contribution in [1.82, 2.24) is 10.0 Å². The molecule has 2 aromatic carbocycles. The van der Waals surface area contributed by atoms with E-state index < -0.39 is 27.5 Å². The van der Waals surface area contributed by atoms with Gasteiger partial charge in [0.1, 0.15) is 15.7 Å². The van der Waals surface area contributed by atoms with E-state index in [2.05, 4.69) is 43.6 Å². The number of nitrogens with one attached hydrogen (secondary N) is 2. The van der Waals surface area contributed by atoms with Crippen LogP contribution in [0.3, 0.4) is 0 Å². The molecule has 5 aliphatic rings. The molecule has 2 N–H and O–H groups in total. The number of aryl methyl sites for hydroxylation is 1. The Balaban J connectivity index is 1.27. The van der Waals surface area contributed by atoms with Crippen molar-refractivity contribution >= 4 is 39.1 Å². The summed E-state index contributed by atoms with van der Waals surface area (Å²) in [7, 11) is -0.140. The molecule has 7 rings (SSSR count). The second-order valence-corrected chi connectivity index (χ2v) is 17.7. The number of urea groups is 1. The van der Waals surface area contributed by atoms with E-state index >= 15 is 0 Å². The summed E-state index contributed by atoms with van der Waals surface area (Å²) in [6.07, 6.45) is 10.5. The monoisotopic (exact) mass is 724 g/mol. The lowest BCUT2D eigenvalue weighted by atomic mass is 9.68. The molecule has 2 heterocycles. The first-order valence-electron chi connectivity index (χ1n) is 17.9. The summed E-state index contributed by atoms with van der Waals surface area (Å²) in [5.41, 5.74) is 2.94. The van der Waals surface area contributed by atoms with Gasteiger partial charge in [-0.05, 0) is 105 Å². The number of rotatable bonds is 4. The molecule has 2 bridgehead atoms. The van der Waals surface area contributed by atoms with Crippen LogP contribution >= 0.6 is 11.6 Å². The molecule has 2 aliphatic heterocycles. The number of amides is 3. The number of halogens is 1. The lowest BCUT2D eigenvalue weighted by molar-refractivity contribution is 0.0131. The second-order valence-electron chi connectivity index (χ2n) is 15.3. The Bertz CT molecular complexity index is 1810. The number of hydrogen-bond donors (Lipinski definition) is 2. The smallest absolute Gasteiger partial charge is 0.327 e. The van der Waals surface area contributed by atoms with Crippen LogP contribution in [0.1, 0.15) is 73.9 Å². The molecule has 3 amide bonds. The zero-order valence-corrected chi connectivity index (χ0v) is 31.0. The lowest BCUT2D eigenvalue weighted by Gasteiger charge is -2.46. The Morgan fingerprint density at radius 1 is 1.18 bits per heavy atom. The average Bonchev–Trinajstić information content (AvgIpc) is 3.75. The number of nitrogens with zero attached hydrogens (tertiary/aromatic N) is 2. The molecule has 1 unspecified atom stereocenters. The van der Waals surface area contributed by atoms with E-state index in [4.69, 9.17) is 25.8 Å². The summed E-state index contributed by atoms with van der Waals surface area (Å²) in [6.45, 7) is 5.87. The van der Waals surface area contributed by atoms with Crippen LogP contribution in [0.15, 0.2) is 52.9 Å². The maximum absolute atomic E-state index is 14.4. The van der Waals surface area contributed by atoms with Gasteiger partial charge < -0.3 is 24.4 Å². The van der Waals surface area contributed by atoms with E-state index in [0.717, 1.165) is 55.9 Å². The highest BCUT2D eigenvalue weighted by molar-refractivity contribution is 7.92. The fraction of sp³-hybridized carbons (Fsp3) is 0.579. The highest BCUT2D eigenvalue weighted by Gasteiger charge is 2.52. The van der Waals surface area contributed by atoms with Crippen LogP contribution in [0.2, 0.25) is 5.02 Å². The van der Waals surface area contributed by atoms with E-state index in [1.807, 2.05) is 32.0 Å². The third kappa shape index (κ3) is 7.03. The Labute approximate surface area is 300 Å². The largest absolute Gasteiger partial charge is 0.490 e. The van der Waals surface area contributed by atoms with E-state index in [1.165, 1.54) is 11.1 Å². The summed E-state index contributed by atoms with van der Waals surface area (Å²) >= 11 is 6.45. The SMILES string of the molecule is CO[C@H]1/C=C/C[C@H](C)CS(=O)(NC(=O)N[C@H]2C[C@@]2(C)OC)=NC(=O)c2ccc3c(c2)N(C[C@@H]2CC[C@H]21)C[C@@]1(CCCc2cc(Cl)ccc21)CO3. The Morgan fingerprint density at radius 2 is 2.02 bits per heavy atom. The summed E-state index contributed by atoms with van der Waals surface area (Å²) in [5.74, 6) is 0.677. The molecule has 8 atom stereocenters. The number of anilines is 1. The molecule has 10 nitrogen and oxygen atoms in total. The standard InChI is InChI=1S/C38H49ClN4O6S/c1-24-7-5-9-32(47-3)29-13-10-27(29)20-43-22-38(16-6-8-25-17-28(39)12-14-30(25)38)23-49-33-15-11-26(18-31(33)43)35(44)41-50(46,21-24)42-36(45)40-34-19-37(34,2)48-4/h5,9,11-12,14-15,17-18,24,27,29,32,34H,6-8,10,13,16,19-23H2,1-4H3,(H2,40,41,42,44,45,46)/b9-5+/t24-,27-,29+,32-,34-,37+,38-,50?/m0/s1. The summed E-state index contributed by atoms with van der Waals surface area (Å²) in [5, 5.41) is 3.58. The van der Waals surface area contributed by atoms with Crippen molar-refractivity contribution in [2.24, 2.45) is 22.1 Å². The van der Waals surface area contributed by atoms with Gasteiger partial charge in [0.15, 0.2) is 0 Å². The number of allylic oxidation sites excluding steroid dienone is 1. The second kappa shape index (κ2) is 13.8. The maximum atomic E-state index is 14.4. The van der Waals surface area contributed by atoms with Gasteiger partial charge in [-0.2, -0.15) is 0 Å². The number of ether oxygens (including phenoxy) is 3. The molecule has 2 saturated carbocycles. The highest BCUT2D eigenvalue weighted by atomic mass is 35.5. The van der Waals surface area contributed by atoms with Gasteiger partial charge in [0.2, 0.25) is 0 Å². The van der Waals surface area contributed by atoms with Gasteiger partial charge in [0.05, 0.1) is 35.8 Å². The van der Waals surface area contributed by atoms with Crippen LogP contribution in [0.4, 0.5) is 10.5 Å². The van der Waals surface area contributed by atoms with Gasteiger partial charge in [-0.15, -0.1) is 4.36 Å². The number of hydrogen-bond acceptors (Lipinski definition) is 7. The van der Waals surface area contributed by atoms with Gasteiger partial charge >= 0.3 is 6.03 Å². The van der Waals surface area contributed by atoms with E-state index in [1.54, 1.807) is 20.3 Å². The summed E-state index contributed by atoms with van der Waals surface area (Å²) in [6, 6.07) is 10.7. The van der Waals surface area contributed by atoms with Crippen LogP contribution in [0, 0.1) is 17.8 Å². The first kappa shape index (κ1) is 35.3. The van der Waals surface area contributed by atoms with Gasteiger partial charge in [0.25, 0.3) is 5.91 Å². The molecule has 0 saturated heterocycles. The third-order valence-electron chi connectivity index (χ3n) is 11.7. The van der Waals surface area contributed by atoms with Crippen molar-refractivity contribution in [3.8, 4) is 5.75 Å². The fourth-order valence-electron chi connectivity index (χ4n) is 8.48. The number of carbonyl (C=O) groups is 2. The molecule has 50 heavy (non-hydrogen) atoms. The minimum Gasteiger partial charge on any atom is -0.490 e. The predicted octanol–water partition coefficient (Wildman–Crippen LogP) is 6.45. The van der Waals surface area contributed by atoms with Crippen molar-refractivity contribution in [2.45, 2.75) is 82.0 Å². The molecular formula is C38H49ClN4O6S. The molecule has 3 aliphatic carbocycles. The molecule has 2 aromatic rings. The molecule has 2 fully saturated rings. The summed E-state index contributed by atoms with van der Waals surface area (Å²) in [4.78, 5) is 29.4. The average molecular weight is 725 g/mol. The Morgan fingerprint density at radius 3 is 2.76 bits per heavy atom. The van der Waals surface area contributed by atoms with Crippen molar-refractivity contribution in [3.63, 3.8) is 0 Å². The van der Waals surface area contributed by atoms with E-state index in [9.17, 15) is 13.8 Å². The topological polar surface area (TPSA) is 119 Å². The third-order valence-corrected chi connectivity index (χ3v) is 13.9. The first-order chi connectivity index (χ1) is 23.9. The molecule has 0 radical (unpaired) electrons. The van der Waals surface area contributed by atoms with Crippen LogP contribution in [-0.4, -0.2) is 73.6 Å². The Kier molecular flexibility index (Phi) is 9.73. The number of methoxy groups -OCH3 is 2. The maximum Gasteiger partial charge on any atom is 0.327 e. The van der Waals surface area contributed by atoms with Crippen LogP contribution in [0.5, 0.6) is 5.75 Å². The number of carbonyl (C=O) groups excluding carboxylic acids is 2. The van der Waals surface area contributed by atoms with Crippen molar-refractivity contribution in [1.29, 1.82) is 0 Å². The fourth-order valence-corrected chi connectivity index (χ4v) is 10.5. The normalized spacial score (nSPS) is 35.7. The van der Waals surface area contributed by atoms with Gasteiger partial charge in [-0.3, -0.25) is 9.52 Å². The zero-order chi connectivity index (χ0) is 35.3. The van der Waals surface area contributed by atoms with Gasteiger partial charge in [-0.25, -0.2) is 9.00 Å². The predicted molar refractivity (Wildman–Crippen MR) is 195 cm³/mol. The van der Waals surface area contributed by atoms with Crippen LogP contribution in [-0.2, 0) is 31.2 Å². The van der Waals surface area contributed by atoms with Gasteiger partial charge in [0, 0.05) is 49.7 Å². The lowest BCUT2D eigenvalue weighted by Crippen LogP contribution is -2.49. The van der Waals surface area contributed by atoms with Crippen molar-refractivity contribution in [3.05, 3.63) is 70.3 Å². The van der Waals surface area contributed by atoms with Crippen LogP contribution < -0.4 is 19.7 Å². The van der Waals surface area contributed by atoms with Gasteiger partial charge in [-0.1, -0.05) is 36.7 Å². The van der Waals surface area contributed by atoms with Crippen molar-refractivity contribution < 1.29 is 28.0 Å². The number of benzene rings is 2. The minimum absolute atomic E-state index is 0.0124. The molecule has 0 aromatic heterocycles. The zero-order valence-electron chi connectivity index (χ0n) is 29.4. The summed E-state index contributed by atoms with van der Waals surface area (Å²) < 4.78 is 39.4. The molecular weight excluding hydrogens is 676 g/mol. The molecule has 270 valence electrons. The van der Waals surface area contributed by atoms with Crippen molar-refractivity contribution in [2.75, 3.05) is 44.6 Å². The van der Waals surface area contributed by atoms with E-state index in [-0.39, 0.29) is 29.2 Å². The highest BCUT2D eigenvalue weighted by Crippen LogP contribution is 2.47.